The smallest absolute Gasteiger partial charge is 0.294 e. The van der Waals surface area contributed by atoms with Crippen molar-refractivity contribution < 1.29 is 31.5 Å². The van der Waals surface area contributed by atoms with Gasteiger partial charge in [-0.05, 0) is 37.3 Å². The molecule has 2 amide bonds. The predicted octanol–water partition coefficient (Wildman–Crippen LogP) is 2.53. The normalized spacial score (nSPS) is 17.3. The Morgan fingerprint density at radius 1 is 1.29 bits per heavy atom. The van der Waals surface area contributed by atoms with Crippen LogP contribution in [-0.4, -0.2) is 75.8 Å². The molecular weight excluding hydrogens is 520 g/mol. The summed E-state index contributed by atoms with van der Waals surface area (Å²) in [4.78, 5) is 30.7. The fourth-order valence-electron chi connectivity index (χ4n) is 4.48. The lowest BCUT2D eigenvalue weighted by Gasteiger charge is -2.26. The molecule has 1 aromatic carbocycles. The van der Waals surface area contributed by atoms with E-state index < -0.39 is 33.3 Å². The second-order valence-electron chi connectivity index (χ2n) is 9.10. The number of alkyl halides is 2. The molecule has 3 heterocycles. The van der Waals surface area contributed by atoms with Crippen molar-refractivity contribution in [2.75, 3.05) is 55.7 Å². The number of morpholine rings is 1. The third kappa shape index (κ3) is 5.95. The molecule has 2 aliphatic heterocycles. The first-order valence-electron chi connectivity index (χ1n) is 11.9. The van der Waals surface area contributed by atoms with Crippen LogP contribution in [0.1, 0.15) is 32.9 Å². The molecule has 2 aromatic rings. The van der Waals surface area contributed by atoms with Crippen LogP contribution in [-0.2, 0) is 25.5 Å². The fraction of sp³-hybridized carbons (Fsp3) is 0.360. The summed E-state index contributed by atoms with van der Waals surface area (Å²) in [5, 5.41) is 5.34. The second-order valence-corrected chi connectivity index (χ2v) is 10.8. The highest BCUT2D eigenvalue weighted by molar-refractivity contribution is 7.92. The van der Waals surface area contributed by atoms with Gasteiger partial charge in [-0.2, -0.15) is 8.78 Å². The van der Waals surface area contributed by atoms with Gasteiger partial charge in [0.2, 0.25) is 10.0 Å². The van der Waals surface area contributed by atoms with Gasteiger partial charge in [-0.3, -0.25) is 19.2 Å². The third-order valence-electron chi connectivity index (χ3n) is 6.25. The molecule has 0 unspecified atom stereocenters. The summed E-state index contributed by atoms with van der Waals surface area (Å²) in [6.45, 7) is 8.17. The van der Waals surface area contributed by atoms with E-state index in [1.165, 1.54) is 31.2 Å². The van der Waals surface area contributed by atoms with E-state index in [-0.39, 0.29) is 34.8 Å². The highest BCUT2D eigenvalue weighted by Gasteiger charge is 2.38. The van der Waals surface area contributed by atoms with Crippen LogP contribution in [0.15, 0.2) is 30.9 Å². The van der Waals surface area contributed by atoms with Gasteiger partial charge in [0.1, 0.15) is 0 Å². The van der Waals surface area contributed by atoms with E-state index in [9.17, 15) is 18.0 Å². The zero-order chi connectivity index (χ0) is 27.7. The summed E-state index contributed by atoms with van der Waals surface area (Å²) in [5.74, 6) is -4.83. The number of ether oxygens (including phenoxy) is 1. The van der Waals surface area contributed by atoms with Gasteiger partial charge in [0, 0.05) is 54.5 Å². The monoisotopic (exact) mass is 549 g/mol. The maximum absolute atomic E-state index is 15.2. The van der Waals surface area contributed by atoms with E-state index in [4.69, 9.17) is 4.74 Å². The largest absolute Gasteiger partial charge is 0.379 e. The number of nitrogens with one attached hydrogen (secondary N) is 4. The minimum atomic E-state index is -3.59. The number of sulfonamides is 1. The van der Waals surface area contributed by atoms with Crippen molar-refractivity contribution in [3.8, 4) is 0 Å². The van der Waals surface area contributed by atoms with Crippen molar-refractivity contribution in [1.29, 1.82) is 0 Å². The Morgan fingerprint density at radius 3 is 2.66 bits per heavy atom. The average Bonchev–Trinajstić information content (AvgIpc) is 3.35. The molecule has 0 aliphatic carbocycles. The lowest BCUT2D eigenvalue weighted by Crippen LogP contribution is -2.41. The molecule has 0 saturated carbocycles. The number of hydrogen-bond acceptors (Lipinski definition) is 6. The number of nitrogens with zero attached hydrogens (tertiary/aromatic N) is 1. The van der Waals surface area contributed by atoms with Crippen LogP contribution in [0.4, 0.5) is 20.2 Å². The van der Waals surface area contributed by atoms with Crippen molar-refractivity contribution in [2.45, 2.75) is 12.8 Å². The first-order chi connectivity index (χ1) is 17.9. The summed E-state index contributed by atoms with van der Waals surface area (Å²) in [6.07, 6.45) is 2.66. The van der Waals surface area contributed by atoms with Gasteiger partial charge in [-0.15, -0.1) is 0 Å². The van der Waals surface area contributed by atoms with Crippen molar-refractivity contribution in [1.82, 2.24) is 15.2 Å². The standard InChI is InChI=1S/C25H29F2N5O5S/c1-4-25(26,27)22-20(29-15(2)21(22)24(34)28-7-8-32-9-11-37-12-10-32)14-18-17-13-16(31-38(3,35)36)5-6-19(17)30-23(18)33/h4-6,13-14,29,31H,1,7-12H2,2-3H3,(H,28,34)(H,30,33)/b18-14-. The Kier molecular flexibility index (Phi) is 7.72. The molecule has 0 radical (unpaired) electrons. The topological polar surface area (TPSA) is 133 Å². The molecule has 10 nitrogen and oxygen atoms in total. The molecule has 1 fully saturated rings. The van der Waals surface area contributed by atoms with Gasteiger partial charge >= 0.3 is 0 Å². The van der Waals surface area contributed by atoms with Gasteiger partial charge in [0.25, 0.3) is 17.7 Å². The lowest BCUT2D eigenvalue weighted by molar-refractivity contribution is -0.110. The van der Waals surface area contributed by atoms with Gasteiger partial charge in [-0.1, -0.05) is 6.58 Å². The summed E-state index contributed by atoms with van der Waals surface area (Å²) >= 11 is 0. The number of fused-ring (bicyclic) bond motifs is 1. The SMILES string of the molecule is C=CC(F)(F)c1c(/C=C2\C(=O)Nc3ccc(NS(C)(=O)=O)cc32)[nH]c(C)c1C(=O)NCCN1CCOCC1. The van der Waals surface area contributed by atoms with Crippen molar-refractivity contribution in [3.63, 3.8) is 0 Å². The quantitative estimate of drug-likeness (QED) is 0.281. The molecule has 204 valence electrons. The van der Waals surface area contributed by atoms with E-state index in [1.54, 1.807) is 0 Å². The Morgan fingerprint density at radius 2 is 2.00 bits per heavy atom. The van der Waals surface area contributed by atoms with Crippen LogP contribution in [0.25, 0.3) is 11.6 Å². The van der Waals surface area contributed by atoms with Crippen molar-refractivity contribution >= 4 is 44.9 Å². The molecule has 1 saturated heterocycles. The highest BCUT2D eigenvalue weighted by Crippen LogP contribution is 2.40. The van der Waals surface area contributed by atoms with E-state index in [0.717, 1.165) is 19.3 Å². The lowest BCUT2D eigenvalue weighted by atomic mass is 9.98. The Hall–Kier alpha value is -3.55. The number of hydrogen-bond donors (Lipinski definition) is 4. The number of H-pyrrole nitrogens is 1. The number of halogens is 2. The first-order valence-corrected chi connectivity index (χ1v) is 13.8. The van der Waals surface area contributed by atoms with Gasteiger partial charge in [0.15, 0.2) is 0 Å². The van der Waals surface area contributed by atoms with Crippen LogP contribution < -0.4 is 15.4 Å². The van der Waals surface area contributed by atoms with E-state index in [2.05, 4.69) is 31.8 Å². The molecule has 4 N–H and O–H groups in total. The summed E-state index contributed by atoms with van der Waals surface area (Å²) < 4.78 is 61.2. The zero-order valence-corrected chi connectivity index (χ0v) is 21.8. The number of aromatic amines is 1. The Labute approximate surface area is 219 Å². The number of aryl methyl sites for hydroxylation is 1. The fourth-order valence-corrected chi connectivity index (χ4v) is 5.04. The molecule has 38 heavy (non-hydrogen) atoms. The molecule has 0 bridgehead atoms. The summed E-state index contributed by atoms with van der Waals surface area (Å²) in [7, 11) is -3.59. The molecule has 1 aromatic heterocycles. The number of carbonyl (C=O) groups is 2. The number of rotatable bonds is 9. The van der Waals surface area contributed by atoms with E-state index in [1.807, 2.05) is 0 Å². The maximum atomic E-state index is 15.2. The Balaban J connectivity index is 1.69. The van der Waals surface area contributed by atoms with E-state index >= 15 is 8.78 Å². The van der Waals surface area contributed by atoms with E-state index in [0.29, 0.717) is 37.1 Å². The first kappa shape index (κ1) is 27.5. The van der Waals surface area contributed by atoms with Crippen molar-refractivity contribution in [2.24, 2.45) is 0 Å². The summed E-state index contributed by atoms with van der Waals surface area (Å²) in [5.41, 5.74) is 0.172. The number of amides is 2. The van der Waals surface area contributed by atoms with Crippen LogP contribution in [0, 0.1) is 6.92 Å². The van der Waals surface area contributed by atoms with Gasteiger partial charge in [0.05, 0.1) is 36.2 Å². The summed E-state index contributed by atoms with van der Waals surface area (Å²) in [6, 6.07) is 4.41. The van der Waals surface area contributed by atoms with Crippen LogP contribution in [0.2, 0.25) is 0 Å². The second kappa shape index (κ2) is 10.7. The van der Waals surface area contributed by atoms with Crippen molar-refractivity contribution in [3.05, 3.63) is 58.9 Å². The molecular formula is C25H29F2N5O5S. The number of allylic oxidation sites excluding steroid dienone is 1. The maximum Gasteiger partial charge on any atom is 0.294 e. The number of benzene rings is 1. The zero-order valence-electron chi connectivity index (χ0n) is 21.0. The number of anilines is 2. The highest BCUT2D eigenvalue weighted by atomic mass is 32.2. The minimum absolute atomic E-state index is 0.0267. The minimum Gasteiger partial charge on any atom is -0.379 e. The van der Waals surface area contributed by atoms with Crippen LogP contribution in [0.5, 0.6) is 0 Å². The molecule has 0 spiro atoms. The molecule has 2 aliphatic rings. The number of carbonyl (C=O) groups excluding carboxylic acids is 2. The molecule has 13 heteroatoms. The van der Waals surface area contributed by atoms with Gasteiger partial charge < -0.3 is 20.4 Å². The third-order valence-corrected chi connectivity index (χ3v) is 6.85. The van der Waals surface area contributed by atoms with Crippen LogP contribution >= 0.6 is 0 Å². The van der Waals surface area contributed by atoms with Gasteiger partial charge in [-0.25, -0.2) is 8.42 Å². The average molecular weight is 550 g/mol. The van der Waals surface area contributed by atoms with Crippen LogP contribution in [0.3, 0.4) is 0 Å². The number of aromatic nitrogens is 1. The predicted molar refractivity (Wildman–Crippen MR) is 141 cm³/mol. The molecule has 4 rings (SSSR count). The Bertz CT molecular complexity index is 1410. The molecule has 0 atom stereocenters.